The number of nitrogens with one attached hydrogen (secondary N) is 2. The molecule has 3 aromatic rings. The first kappa shape index (κ1) is 23.0. The van der Waals surface area contributed by atoms with Crippen LogP contribution in [0.25, 0.3) is 11.4 Å². The minimum atomic E-state index is -4.73. The number of carbonyl (C=O) groups excluding carboxylic acids is 2. The lowest BCUT2D eigenvalue weighted by atomic mass is 9.92. The lowest BCUT2D eigenvalue weighted by Crippen LogP contribution is -2.44. The van der Waals surface area contributed by atoms with Crippen LogP contribution in [0.2, 0.25) is 0 Å². The Kier molecular flexibility index (Phi) is 6.61. The topological polar surface area (TPSA) is 97.1 Å². The number of benzene rings is 2. The fraction of sp³-hybridized carbons (Fsp3) is 0.273. The summed E-state index contributed by atoms with van der Waals surface area (Å²) in [6.07, 6.45) is -4.73. The molecule has 2 N–H and O–H groups in total. The minimum Gasteiger partial charge on any atom is -0.352 e. The molecule has 2 amide bonds. The first-order valence-electron chi connectivity index (χ1n) is 9.68. The first-order valence-corrected chi connectivity index (χ1v) is 9.68. The maximum atomic E-state index is 12.6. The molecule has 0 fully saturated rings. The molecule has 0 saturated heterocycles. The third-order valence-corrected chi connectivity index (χ3v) is 4.68. The Morgan fingerprint density at radius 3 is 2.22 bits per heavy atom. The number of hydrogen-bond acceptors (Lipinski definition) is 5. The number of rotatable bonds is 7. The van der Waals surface area contributed by atoms with Crippen LogP contribution in [0.3, 0.4) is 0 Å². The number of nitrogens with zero attached hydrogens (tertiary/aromatic N) is 2. The standard InChI is InChI=1S/C22H21F3N4O3/c1-21(2,19(31)26-12-14-6-4-3-5-7-14)13-27-18(30)16-10-8-15(9-11-16)17-28-20(32-29-17)22(23,24)25/h3-11H,12-13H2,1-2H3,(H,26,31)(H,27,30). The van der Waals surface area contributed by atoms with Gasteiger partial charge in [0.1, 0.15) is 0 Å². The van der Waals surface area contributed by atoms with Crippen molar-refractivity contribution in [1.29, 1.82) is 0 Å². The van der Waals surface area contributed by atoms with Gasteiger partial charge in [-0.2, -0.15) is 18.2 Å². The zero-order valence-electron chi connectivity index (χ0n) is 17.4. The summed E-state index contributed by atoms with van der Waals surface area (Å²) in [6.45, 7) is 3.90. The van der Waals surface area contributed by atoms with Crippen molar-refractivity contribution in [2.45, 2.75) is 26.6 Å². The van der Waals surface area contributed by atoms with Crippen molar-refractivity contribution in [2.24, 2.45) is 5.41 Å². The number of carbonyl (C=O) groups is 2. The predicted octanol–water partition coefficient (Wildman–Crippen LogP) is 3.83. The lowest BCUT2D eigenvalue weighted by Gasteiger charge is -2.24. The zero-order valence-corrected chi connectivity index (χ0v) is 17.4. The van der Waals surface area contributed by atoms with Gasteiger partial charge in [0.05, 0.1) is 5.41 Å². The van der Waals surface area contributed by atoms with E-state index in [1.165, 1.54) is 24.3 Å². The molecule has 0 unspecified atom stereocenters. The third-order valence-electron chi connectivity index (χ3n) is 4.68. The Bertz CT molecular complexity index is 1080. The smallest absolute Gasteiger partial charge is 0.352 e. The molecule has 7 nitrogen and oxygen atoms in total. The Morgan fingerprint density at radius 2 is 1.62 bits per heavy atom. The van der Waals surface area contributed by atoms with E-state index in [2.05, 4.69) is 25.3 Å². The monoisotopic (exact) mass is 446 g/mol. The third kappa shape index (κ3) is 5.71. The molecule has 0 spiro atoms. The van der Waals surface area contributed by atoms with E-state index in [4.69, 9.17) is 0 Å². The number of alkyl halides is 3. The van der Waals surface area contributed by atoms with Crippen LogP contribution in [0.5, 0.6) is 0 Å². The van der Waals surface area contributed by atoms with Gasteiger partial charge < -0.3 is 15.2 Å². The van der Waals surface area contributed by atoms with Crippen molar-refractivity contribution >= 4 is 11.8 Å². The SMILES string of the molecule is CC(C)(CNC(=O)c1ccc(-c2noc(C(F)(F)F)n2)cc1)C(=O)NCc1ccccc1. The van der Waals surface area contributed by atoms with Gasteiger partial charge in [-0.05, 0) is 31.5 Å². The zero-order chi connectivity index (χ0) is 23.4. The highest BCUT2D eigenvalue weighted by atomic mass is 19.4. The number of halogens is 3. The highest BCUT2D eigenvalue weighted by Crippen LogP contribution is 2.29. The van der Waals surface area contributed by atoms with Gasteiger partial charge in [-0.1, -0.05) is 47.6 Å². The van der Waals surface area contributed by atoms with Gasteiger partial charge in [-0.15, -0.1) is 0 Å². The van der Waals surface area contributed by atoms with Crippen LogP contribution in [0.4, 0.5) is 13.2 Å². The average Bonchev–Trinajstić information content (AvgIpc) is 3.28. The highest BCUT2D eigenvalue weighted by Gasteiger charge is 2.38. The van der Waals surface area contributed by atoms with Crippen molar-refractivity contribution in [3.8, 4) is 11.4 Å². The van der Waals surface area contributed by atoms with E-state index < -0.39 is 23.4 Å². The average molecular weight is 446 g/mol. The molecule has 1 heterocycles. The van der Waals surface area contributed by atoms with Gasteiger partial charge in [0.25, 0.3) is 5.91 Å². The van der Waals surface area contributed by atoms with E-state index >= 15 is 0 Å². The van der Waals surface area contributed by atoms with Crippen LogP contribution < -0.4 is 10.6 Å². The molecular weight excluding hydrogens is 425 g/mol. The van der Waals surface area contributed by atoms with Crippen molar-refractivity contribution in [3.05, 3.63) is 71.6 Å². The summed E-state index contributed by atoms with van der Waals surface area (Å²) in [6, 6.07) is 15.1. The maximum Gasteiger partial charge on any atom is 0.471 e. The van der Waals surface area contributed by atoms with Crippen molar-refractivity contribution in [3.63, 3.8) is 0 Å². The normalized spacial score (nSPS) is 11.8. The molecule has 0 radical (unpaired) electrons. The van der Waals surface area contributed by atoms with E-state index in [1.807, 2.05) is 30.3 Å². The van der Waals surface area contributed by atoms with E-state index in [0.29, 0.717) is 6.54 Å². The molecule has 2 aromatic carbocycles. The van der Waals surface area contributed by atoms with E-state index in [1.54, 1.807) is 13.8 Å². The molecule has 0 saturated carbocycles. The van der Waals surface area contributed by atoms with E-state index in [0.717, 1.165) is 5.56 Å². The number of amides is 2. The van der Waals surface area contributed by atoms with Gasteiger partial charge in [0, 0.05) is 24.2 Å². The predicted molar refractivity (Wildman–Crippen MR) is 109 cm³/mol. The highest BCUT2D eigenvalue weighted by molar-refractivity contribution is 5.95. The van der Waals surface area contributed by atoms with Crippen LogP contribution in [0.1, 0.15) is 35.7 Å². The number of hydrogen-bond donors (Lipinski definition) is 2. The second-order valence-corrected chi connectivity index (χ2v) is 7.73. The molecule has 168 valence electrons. The molecule has 32 heavy (non-hydrogen) atoms. The fourth-order valence-electron chi connectivity index (χ4n) is 2.73. The first-order chi connectivity index (χ1) is 15.1. The summed E-state index contributed by atoms with van der Waals surface area (Å²) in [4.78, 5) is 28.2. The van der Waals surface area contributed by atoms with Crippen molar-refractivity contribution in [1.82, 2.24) is 20.8 Å². The van der Waals surface area contributed by atoms with Gasteiger partial charge >= 0.3 is 12.1 Å². The van der Waals surface area contributed by atoms with Gasteiger partial charge in [-0.25, -0.2) is 0 Å². The molecule has 0 aliphatic carbocycles. The van der Waals surface area contributed by atoms with Crippen LogP contribution in [-0.2, 0) is 17.5 Å². The van der Waals surface area contributed by atoms with E-state index in [-0.39, 0.29) is 29.4 Å². The Hall–Kier alpha value is -3.69. The maximum absolute atomic E-state index is 12.6. The summed E-state index contributed by atoms with van der Waals surface area (Å²) in [5.74, 6) is -2.32. The summed E-state index contributed by atoms with van der Waals surface area (Å²) in [5.41, 5.74) is 0.642. The largest absolute Gasteiger partial charge is 0.471 e. The molecule has 1 aromatic heterocycles. The molecule has 0 aliphatic heterocycles. The summed E-state index contributed by atoms with van der Waals surface area (Å²) in [7, 11) is 0. The quantitative estimate of drug-likeness (QED) is 0.575. The Labute approximate surface area is 182 Å². The summed E-state index contributed by atoms with van der Waals surface area (Å²) >= 11 is 0. The Morgan fingerprint density at radius 1 is 0.969 bits per heavy atom. The van der Waals surface area contributed by atoms with Crippen LogP contribution >= 0.6 is 0 Å². The number of aromatic nitrogens is 2. The molecule has 10 heteroatoms. The van der Waals surface area contributed by atoms with Crippen LogP contribution in [0, 0.1) is 5.41 Å². The fourth-order valence-corrected chi connectivity index (χ4v) is 2.73. The lowest BCUT2D eigenvalue weighted by molar-refractivity contribution is -0.159. The molecule has 3 rings (SSSR count). The van der Waals surface area contributed by atoms with Crippen LogP contribution in [0.15, 0.2) is 59.1 Å². The molecular formula is C22H21F3N4O3. The second kappa shape index (κ2) is 9.21. The van der Waals surface area contributed by atoms with Gasteiger partial charge in [0.15, 0.2) is 0 Å². The van der Waals surface area contributed by atoms with Gasteiger partial charge in [0.2, 0.25) is 11.7 Å². The van der Waals surface area contributed by atoms with E-state index in [9.17, 15) is 22.8 Å². The molecule has 0 bridgehead atoms. The Balaban J connectivity index is 1.56. The van der Waals surface area contributed by atoms with Gasteiger partial charge in [-0.3, -0.25) is 9.59 Å². The van der Waals surface area contributed by atoms with Crippen LogP contribution in [-0.4, -0.2) is 28.5 Å². The minimum absolute atomic E-state index is 0.0913. The van der Waals surface area contributed by atoms with Crippen molar-refractivity contribution in [2.75, 3.05) is 6.54 Å². The molecule has 0 atom stereocenters. The second-order valence-electron chi connectivity index (χ2n) is 7.73. The van der Waals surface area contributed by atoms with Crippen molar-refractivity contribution < 1.29 is 27.3 Å². The summed E-state index contributed by atoms with van der Waals surface area (Å²) < 4.78 is 42.0. The molecule has 0 aliphatic rings. The summed E-state index contributed by atoms with van der Waals surface area (Å²) in [5, 5.41) is 8.85.